The van der Waals surface area contributed by atoms with Crippen molar-refractivity contribution in [2.24, 2.45) is 0 Å². The first-order valence-electron chi connectivity index (χ1n) is 6.51. The van der Waals surface area contributed by atoms with Crippen LogP contribution in [0.1, 0.15) is 24.8 Å². The van der Waals surface area contributed by atoms with Gasteiger partial charge in [-0.1, -0.05) is 24.2 Å². The largest absolute Gasteiger partial charge is 0.377 e. The highest BCUT2D eigenvalue weighted by molar-refractivity contribution is 7.91. The van der Waals surface area contributed by atoms with Crippen molar-refractivity contribution in [2.45, 2.75) is 31.7 Å². The first kappa shape index (κ1) is 14.6. The molecule has 1 aromatic carbocycles. The number of anilines is 1. The third-order valence-corrected chi connectivity index (χ3v) is 4.80. The summed E-state index contributed by atoms with van der Waals surface area (Å²) in [6, 6.07) is 8.73. The van der Waals surface area contributed by atoms with Crippen LogP contribution in [0.25, 0.3) is 0 Å². The van der Waals surface area contributed by atoms with Crippen LogP contribution in [0.15, 0.2) is 39.8 Å². The quantitative estimate of drug-likeness (QED) is 0.887. The van der Waals surface area contributed by atoms with Crippen LogP contribution in [0.5, 0.6) is 0 Å². The molecule has 108 valence electrons. The zero-order valence-electron chi connectivity index (χ0n) is 11.6. The molecule has 0 bridgehead atoms. The minimum absolute atomic E-state index is 0.146. The van der Waals surface area contributed by atoms with Gasteiger partial charge in [0.25, 0.3) is 0 Å². The fourth-order valence-electron chi connectivity index (χ4n) is 1.94. The SMILES string of the molecule is CCCS(=O)(=O)c1ccccc1NCc1cc(C)no1. The van der Waals surface area contributed by atoms with Crippen molar-refractivity contribution in [3.8, 4) is 0 Å². The number of benzene rings is 1. The lowest BCUT2D eigenvalue weighted by molar-refractivity contribution is 0.384. The highest BCUT2D eigenvalue weighted by atomic mass is 32.2. The minimum Gasteiger partial charge on any atom is -0.377 e. The van der Waals surface area contributed by atoms with Crippen LogP contribution >= 0.6 is 0 Å². The molecule has 0 atom stereocenters. The van der Waals surface area contributed by atoms with Crippen LogP contribution in [0.3, 0.4) is 0 Å². The van der Waals surface area contributed by atoms with Gasteiger partial charge in [0, 0.05) is 6.07 Å². The lowest BCUT2D eigenvalue weighted by Crippen LogP contribution is -2.10. The number of para-hydroxylation sites is 1. The Hall–Kier alpha value is -1.82. The van der Waals surface area contributed by atoms with Gasteiger partial charge in [-0.25, -0.2) is 8.42 Å². The van der Waals surface area contributed by atoms with Crippen LogP contribution in [0.2, 0.25) is 0 Å². The summed E-state index contributed by atoms with van der Waals surface area (Å²) in [5.74, 6) is 0.817. The molecular weight excluding hydrogens is 276 g/mol. The second kappa shape index (κ2) is 6.09. The van der Waals surface area contributed by atoms with Crippen molar-refractivity contribution >= 4 is 15.5 Å². The topological polar surface area (TPSA) is 72.2 Å². The van der Waals surface area contributed by atoms with Gasteiger partial charge >= 0.3 is 0 Å². The first-order chi connectivity index (χ1) is 9.53. The zero-order chi connectivity index (χ0) is 14.6. The molecule has 0 unspecified atom stereocenters. The predicted octanol–water partition coefficient (Wildman–Crippen LogP) is 2.78. The molecule has 0 aliphatic heterocycles. The molecule has 20 heavy (non-hydrogen) atoms. The van der Waals surface area contributed by atoms with Gasteiger partial charge < -0.3 is 9.84 Å². The van der Waals surface area contributed by atoms with Gasteiger partial charge in [-0.15, -0.1) is 0 Å². The normalized spacial score (nSPS) is 11.5. The summed E-state index contributed by atoms with van der Waals surface area (Å²) in [6.07, 6.45) is 0.595. The smallest absolute Gasteiger partial charge is 0.180 e. The van der Waals surface area contributed by atoms with Crippen molar-refractivity contribution in [1.29, 1.82) is 0 Å². The highest BCUT2D eigenvalue weighted by Gasteiger charge is 2.17. The van der Waals surface area contributed by atoms with Crippen molar-refractivity contribution in [3.05, 3.63) is 41.8 Å². The standard InChI is InChI=1S/C14H18N2O3S/c1-3-8-20(17,18)14-7-5-4-6-13(14)15-10-12-9-11(2)16-19-12/h4-7,9,15H,3,8,10H2,1-2H3. The highest BCUT2D eigenvalue weighted by Crippen LogP contribution is 2.23. The molecule has 5 nitrogen and oxygen atoms in total. The first-order valence-corrected chi connectivity index (χ1v) is 8.16. The fraction of sp³-hybridized carbons (Fsp3) is 0.357. The average Bonchev–Trinajstić information content (AvgIpc) is 2.82. The van der Waals surface area contributed by atoms with E-state index in [0.29, 0.717) is 29.3 Å². The molecule has 0 amide bonds. The van der Waals surface area contributed by atoms with E-state index in [1.807, 2.05) is 19.9 Å². The summed E-state index contributed by atoms with van der Waals surface area (Å²) in [7, 11) is -3.25. The Labute approximate surface area is 118 Å². The molecule has 0 aliphatic carbocycles. The summed E-state index contributed by atoms with van der Waals surface area (Å²) in [5.41, 5.74) is 1.39. The molecule has 1 heterocycles. The maximum Gasteiger partial charge on any atom is 0.180 e. The summed E-state index contributed by atoms with van der Waals surface area (Å²) in [4.78, 5) is 0.332. The Morgan fingerprint density at radius 2 is 2.05 bits per heavy atom. The van der Waals surface area contributed by atoms with E-state index >= 15 is 0 Å². The summed E-state index contributed by atoms with van der Waals surface area (Å²) < 4.78 is 29.5. The predicted molar refractivity (Wildman–Crippen MR) is 77.4 cm³/mol. The van der Waals surface area contributed by atoms with Gasteiger partial charge in [0.15, 0.2) is 15.6 Å². The van der Waals surface area contributed by atoms with Crippen molar-refractivity contribution in [2.75, 3.05) is 11.1 Å². The summed E-state index contributed by atoms with van der Waals surface area (Å²) >= 11 is 0. The lowest BCUT2D eigenvalue weighted by atomic mass is 10.3. The summed E-state index contributed by atoms with van der Waals surface area (Å²) in [5, 5.41) is 6.89. The molecule has 0 fully saturated rings. The molecule has 0 spiro atoms. The maximum absolute atomic E-state index is 12.2. The average molecular weight is 294 g/mol. The molecule has 0 saturated heterocycles. The maximum atomic E-state index is 12.2. The minimum atomic E-state index is -3.25. The number of nitrogens with one attached hydrogen (secondary N) is 1. The molecule has 2 rings (SSSR count). The monoisotopic (exact) mass is 294 g/mol. The van der Waals surface area contributed by atoms with Crippen molar-refractivity contribution in [3.63, 3.8) is 0 Å². The lowest BCUT2D eigenvalue weighted by Gasteiger charge is -2.11. The Morgan fingerprint density at radius 3 is 2.70 bits per heavy atom. The number of aromatic nitrogens is 1. The van der Waals surface area contributed by atoms with Crippen LogP contribution in [0, 0.1) is 6.92 Å². The van der Waals surface area contributed by atoms with E-state index in [2.05, 4.69) is 10.5 Å². The number of nitrogens with zero attached hydrogens (tertiary/aromatic N) is 1. The molecular formula is C14H18N2O3S. The Kier molecular flexibility index (Phi) is 4.44. The third-order valence-electron chi connectivity index (χ3n) is 2.82. The van der Waals surface area contributed by atoms with E-state index < -0.39 is 9.84 Å². The van der Waals surface area contributed by atoms with E-state index in [-0.39, 0.29) is 5.75 Å². The molecule has 1 N–H and O–H groups in total. The molecule has 0 radical (unpaired) electrons. The van der Waals surface area contributed by atoms with Crippen LogP contribution in [-0.2, 0) is 16.4 Å². The Bertz CT molecular complexity index is 677. The van der Waals surface area contributed by atoms with E-state index in [1.165, 1.54) is 0 Å². The molecule has 0 aliphatic rings. The van der Waals surface area contributed by atoms with Gasteiger partial charge in [-0.2, -0.15) is 0 Å². The number of aryl methyl sites for hydroxylation is 1. The molecule has 1 aromatic heterocycles. The molecule has 0 saturated carbocycles. The number of hydrogen-bond acceptors (Lipinski definition) is 5. The van der Waals surface area contributed by atoms with Gasteiger partial charge in [0.1, 0.15) is 0 Å². The van der Waals surface area contributed by atoms with E-state index in [0.717, 1.165) is 5.69 Å². The van der Waals surface area contributed by atoms with Gasteiger partial charge in [-0.05, 0) is 25.5 Å². The molecule has 2 aromatic rings. The van der Waals surface area contributed by atoms with Crippen molar-refractivity contribution < 1.29 is 12.9 Å². The third kappa shape index (κ3) is 3.39. The number of hydrogen-bond donors (Lipinski definition) is 1. The van der Waals surface area contributed by atoms with E-state index in [4.69, 9.17) is 4.52 Å². The zero-order valence-corrected chi connectivity index (χ0v) is 12.4. The fourth-order valence-corrected chi connectivity index (χ4v) is 3.46. The second-order valence-corrected chi connectivity index (χ2v) is 6.68. The van der Waals surface area contributed by atoms with Crippen molar-refractivity contribution in [1.82, 2.24) is 5.16 Å². The second-order valence-electron chi connectivity index (χ2n) is 4.60. The van der Waals surface area contributed by atoms with Gasteiger partial charge in [0.2, 0.25) is 0 Å². The van der Waals surface area contributed by atoms with Crippen LogP contribution < -0.4 is 5.32 Å². The van der Waals surface area contributed by atoms with E-state index in [1.54, 1.807) is 24.3 Å². The number of sulfone groups is 1. The Balaban J connectivity index is 2.20. The summed E-state index contributed by atoms with van der Waals surface area (Å²) in [6.45, 7) is 4.09. The van der Waals surface area contributed by atoms with Crippen LogP contribution in [-0.4, -0.2) is 19.3 Å². The van der Waals surface area contributed by atoms with Crippen LogP contribution in [0.4, 0.5) is 5.69 Å². The molecule has 6 heteroatoms. The number of rotatable bonds is 6. The van der Waals surface area contributed by atoms with E-state index in [9.17, 15) is 8.42 Å². The Morgan fingerprint density at radius 1 is 1.30 bits per heavy atom. The van der Waals surface area contributed by atoms with Gasteiger partial charge in [-0.3, -0.25) is 0 Å². The van der Waals surface area contributed by atoms with Gasteiger partial charge in [0.05, 0.1) is 28.6 Å².